The second kappa shape index (κ2) is 4.87. The average molecular weight is 192 g/mol. The topological polar surface area (TPSA) is 38.8 Å². The number of hydrogen-bond donors (Lipinski definition) is 0. The Morgan fingerprint density at radius 3 is 2.92 bits per heavy atom. The van der Waals surface area contributed by atoms with Crippen molar-refractivity contribution >= 4 is 8.25 Å². The molecular formula is C7H15NO3P+. The van der Waals surface area contributed by atoms with Gasteiger partial charge in [0.25, 0.3) is 0 Å². The first kappa shape index (κ1) is 10.1. The van der Waals surface area contributed by atoms with Crippen LogP contribution >= 0.6 is 8.25 Å². The Hall–Kier alpha value is -0.0200. The molecule has 5 heteroatoms. The fraction of sp³-hybridized carbons (Fsp3) is 1.00. The molecule has 0 bridgehead atoms. The molecule has 2 atom stereocenters. The summed E-state index contributed by atoms with van der Waals surface area (Å²) in [5.74, 6) is 0. The second-order valence-electron chi connectivity index (χ2n) is 2.82. The lowest BCUT2D eigenvalue weighted by atomic mass is 10.3. The Morgan fingerprint density at radius 1 is 1.67 bits per heavy atom. The van der Waals surface area contributed by atoms with Gasteiger partial charge in [0.05, 0.1) is 7.11 Å². The zero-order valence-corrected chi connectivity index (χ0v) is 8.42. The highest BCUT2D eigenvalue weighted by atomic mass is 31.1. The lowest BCUT2D eigenvalue weighted by Crippen LogP contribution is -2.21. The van der Waals surface area contributed by atoms with Gasteiger partial charge in [-0.2, -0.15) is 0 Å². The maximum atomic E-state index is 10.8. The van der Waals surface area contributed by atoms with Crippen LogP contribution in [-0.4, -0.2) is 37.7 Å². The molecule has 2 unspecified atom stereocenters. The quantitative estimate of drug-likeness (QED) is 0.631. The minimum absolute atomic E-state index is 0.0912. The predicted octanol–water partition coefficient (Wildman–Crippen LogP) is 1.40. The van der Waals surface area contributed by atoms with Gasteiger partial charge in [-0.05, 0) is 13.0 Å². The molecule has 0 spiro atoms. The third-order valence-electron chi connectivity index (χ3n) is 2.06. The first-order chi connectivity index (χ1) is 5.76. The molecular weight excluding hydrogens is 177 g/mol. The molecule has 0 saturated carbocycles. The van der Waals surface area contributed by atoms with E-state index in [0.717, 1.165) is 26.1 Å². The number of likely N-dealkylation sites (N-methyl/N-ethyl adjacent to an activating group) is 1. The molecule has 0 amide bonds. The van der Waals surface area contributed by atoms with Crippen molar-refractivity contribution in [3.05, 3.63) is 0 Å². The van der Waals surface area contributed by atoms with E-state index in [1.807, 2.05) is 0 Å². The highest BCUT2D eigenvalue weighted by molar-refractivity contribution is 7.33. The van der Waals surface area contributed by atoms with Crippen LogP contribution in [0.4, 0.5) is 0 Å². The third-order valence-corrected chi connectivity index (χ3v) is 2.83. The van der Waals surface area contributed by atoms with Gasteiger partial charge in [-0.1, -0.05) is 6.92 Å². The minimum Gasteiger partial charge on any atom is -0.301 e. The minimum atomic E-state index is -1.89. The van der Waals surface area contributed by atoms with Crippen molar-refractivity contribution in [3.63, 3.8) is 0 Å². The molecule has 70 valence electrons. The largest absolute Gasteiger partial charge is 0.697 e. The predicted molar refractivity (Wildman–Crippen MR) is 46.2 cm³/mol. The van der Waals surface area contributed by atoms with Crippen LogP contribution in [0.1, 0.15) is 13.3 Å². The Kier molecular flexibility index (Phi) is 4.09. The summed E-state index contributed by atoms with van der Waals surface area (Å²) in [6.07, 6.45) is 1.05. The zero-order valence-electron chi connectivity index (χ0n) is 7.52. The smallest absolute Gasteiger partial charge is 0.301 e. The van der Waals surface area contributed by atoms with Gasteiger partial charge >= 0.3 is 8.25 Å². The standard InChI is InChI=1S/C7H15NO3P/c1-3-8-5-4-7(6-8)11-12(9)10-2/h7H,3-6H2,1-2H3/q+1. The SMILES string of the molecule is CCN1CCC(O[P+](=O)OC)C1. The van der Waals surface area contributed by atoms with Crippen LogP contribution in [0.5, 0.6) is 0 Å². The summed E-state index contributed by atoms with van der Waals surface area (Å²) in [6.45, 7) is 5.05. The molecule has 1 aliphatic rings. The number of likely N-dealkylation sites (tertiary alicyclic amines) is 1. The molecule has 1 fully saturated rings. The Morgan fingerprint density at radius 2 is 2.42 bits per heavy atom. The van der Waals surface area contributed by atoms with E-state index >= 15 is 0 Å². The van der Waals surface area contributed by atoms with Crippen LogP contribution < -0.4 is 0 Å². The van der Waals surface area contributed by atoms with Crippen LogP contribution in [0.2, 0.25) is 0 Å². The number of rotatable bonds is 4. The van der Waals surface area contributed by atoms with Gasteiger partial charge in [0.1, 0.15) is 6.10 Å². The molecule has 0 aromatic heterocycles. The van der Waals surface area contributed by atoms with E-state index in [0.29, 0.717) is 0 Å². The van der Waals surface area contributed by atoms with Crippen molar-refractivity contribution in [1.82, 2.24) is 4.90 Å². The summed E-state index contributed by atoms with van der Waals surface area (Å²) >= 11 is 0. The summed E-state index contributed by atoms with van der Waals surface area (Å²) in [5, 5.41) is 0. The maximum absolute atomic E-state index is 10.8. The van der Waals surface area contributed by atoms with Crippen LogP contribution in [0.3, 0.4) is 0 Å². The Bertz CT molecular complexity index is 165. The van der Waals surface area contributed by atoms with E-state index in [1.165, 1.54) is 7.11 Å². The van der Waals surface area contributed by atoms with E-state index < -0.39 is 8.25 Å². The van der Waals surface area contributed by atoms with Crippen molar-refractivity contribution in [1.29, 1.82) is 0 Å². The van der Waals surface area contributed by atoms with Gasteiger partial charge in [0, 0.05) is 17.7 Å². The second-order valence-corrected chi connectivity index (χ2v) is 3.84. The number of hydrogen-bond acceptors (Lipinski definition) is 4. The summed E-state index contributed by atoms with van der Waals surface area (Å²) < 4.78 is 20.5. The first-order valence-corrected chi connectivity index (χ1v) is 5.26. The van der Waals surface area contributed by atoms with Crippen LogP contribution in [0, 0.1) is 0 Å². The lowest BCUT2D eigenvalue weighted by molar-refractivity contribution is 0.179. The third kappa shape index (κ3) is 2.79. The molecule has 0 aromatic carbocycles. The van der Waals surface area contributed by atoms with Crippen molar-refractivity contribution in [2.24, 2.45) is 0 Å². The molecule has 1 rings (SSSR count). The van der Waals surface area contributed by atoms with Gasteiger partial charge in [0.15, 0.2) is 0 Å². The molecule has 1 aliphatic heterocycles. The van der Waals surface area contributed by atoms with Crippen LogP contribution in [-0.2, 0) is 13.6 Å². The Labute approximate surface area is 73.8 Å². The fourth-order valence-electron chi connectivity index (χ4n) is 1.34. The normalized spacial score (nSPS) is 26.2. The fourth-order valence-corrected chi connectivity index (χ4v) is 1.84. The van der Waals surface area contributed by atoms with Crippen LogP contribution in [0.25, 0.3) is 0 Å². The lowest BCUT2D eigenvalue weighted by Gasteiger charge is -2.09. The van der Waals surface area contributed by atoms with Gasteiger partial charge < -0.3 is 4.90 Å². The molecule has 12 heavy (non-hydrogen) atoms. The van der Waals surface area contributed by atoms with E-state index in [9.17, 15) is 4.57 Å². The highest BCUT2D eigenvalue weighted by Crippen LogP contribution is 2.28. The first-order valence-electron chi connectivity index (χ1n) is 4.16. The summed E-state index contributed by atoms with van der Waals surface area (Å²) in [4.78, 5) is 2.27. The van der Waals surface area contributed by atoms with Crippen LogP contribution in [0.15, 0.2) is 0 Å². The molecule has 1 heterocycles. The summed E-state index contributed by atoms with van der Waals surface area (Å²) in [6, 6.07) is 0. The average Bonchev–Trinajstić information content (AvgIpc) is 2.52. The molecule has 0 radical (unpaired) electrons. The van der Waals surface area contributed by atoms with E-state index in [-0.39, 0.29) is 6.10 Å². The summed E-state index contributed by atoms with van der Waals surface area (Å²) in [7, 11) is -0.496. The Balaban J connectivity index is 2.23. The van der Waals surface area contributed by atoms with E-state index in [1.54, 1.807) is 0 Å². The van der Waals surface area contributed by atoms with Gasteiger partial charge in [-0.25, -0.2) is 0 Å². The number of nitrogens with zero attached hydrogens (tertiary/aromatic N) is 1. The molecule has 4 nitrogen and oxygen atoms in total. The van der Waals surface area contributed by atoms with Gasteiger partial charge in [0.2, 0.25) is 0 Å². The maximum Gasteiger partial charge on any atom is 0.697 e. The summed E-state index contributed by atoms with van der Waals surface area (Å²) in [5.41, 5.74) is 0. The molecule has 0 N–H and O–H groups in total. The van der Waals surface area contributed by atoms with Gasteiger partial charge in [-0.3, -0.25) is 0 Å². The zero-order chi connectivity index (χ0) is 8.97. The van der Waals surface area contributed by atoms with Crippen molar-refractivity contribution < 1.29 is 13.6 Å². The van der Waals surface area contributed by atoms with E-state index in [4.69, 9.17) is 4.52 Å². The van der Waals surface area contributed by atoms with Crippen molar-refractivity contribution in [3.8, 4) is 0 Å². The monoisotopic (exact) mass is 192 g/mol. The highest BCUT2D eigenvalue weighted by Gasteiger charge is 2.31. The van der Waals surface area contributed by atoms with E-state index in [2.05, 4.69) is 16.3 Å². The van der Waals surface area contributed by atoms with Crippen molar-refractivity contribution in [2.75, 3.05) is 26.7 Å². The van der Waals surface area contributed by atoms with Gasteiger partial charge in [-0.15, -0.1) is 9.05 Å². The molecule has 0 aromatic rings. The molecule has 1 saturated heterocycles. The van der Waals surface area contributed by atoms with Crippen molar-refractivity contribution in [2.45, 2.75) is 19.4 Å². The molecule has 0 aliphatic carbocycles.